The van der Waals surface area contributed by atoms with Crippen molar-refractivity contribution in [1.82, 2.24) is 15.0 Å². The zero-order chi connectivity index (χ0) is 15.7. The fraction of sp³-hybridized carbons (Fsp3) is 0.467. The van der Waals surface area contributed by atoms with Crippen molar-refractivity contribution in [3.05, 3.63) is 46.2 Å². The fourth-order valence-corrected chi connectivity index (χ4v) is 3.23. The van der Waals surface area contributed by atoms with Crippen LogP contribution in [0.1, 0.15) is 31.9 Å². The summed E-state index contributed by atoms with van der Waals surface area (Å²) in [6.45, 7) is 4.54. The van der Waals surface area contributed by atoms with Gasteiger partial charge in [-0.1, -0.05) is 41.4 Å². The Balaban J connectivity index is 2.07. The summed E-state index contributed by atoms with van der Waals surface area (Å²) in [5, 5.41) is 9.01. The van der Waals surface area contributed by atoms with E-state index in [1.54, 1.807) is 29.2 Å². The van der Waals surface area contributed by atoms with Gasteiger partial charge in [-0.25, -0.2) is 4.68 Å². The van der Waals surface area contributed by atoms with Crippen LogP contribution in [0.4, 0.5) is 0 Å². The summed E-state index contributed by atoms with van der Waals surface area (Å²) in [7, 11) is 0. The topological polar surface area (TPSA) is 49.2 Å². The quantitative estimate of drug-likeness (QED) is 0.847. The molecule has 2 heterocycles. The Bertz CT molecular complexity index is 650. The summed E-state index contributed by atoms with van der Waals surface area (Å²) in [5.74, 6) is -1.00. The Morgan fingerprint density at radius 2 is 2.27 bits per heavy atom. The number of ether oxygens (including phenoxy) is 2. The van der Waals surface area contributed by atoms with Crippen molar-refractivity contribution < 1.29 is 9.47 Å². The van der Waals surface area contributed by atoms with Crippen molar-refractivity contribution in [3.63, 3.8) is 0 Å². The molecule has 1 aliphatic rings. The second-order valence-electron chi connectivity index (χ2n) is 5.31. The molecular formula is C15H17Cl2N3O2. The summed E-state index contributed by atoms with van der Waals surface area (Å²) in [5.41, 5.74) is 0.748. The molecule has 1 aliphatic heterocycles. The van der Waals surface area contributed by atoms with Crippen LogP contribution in [0.2, 0.25) is 10.0 Å². The molecule has 5 nitrogen and oxygen atoms in total. The zero-order valence-electron chi connectivity index (χ0n) is 12.4. The smallest absolute Gasteiger partial charge is 0.219 e. The summed E-state index contributed by atoms with van der Waals surface area (Å²) in [4.78, 5) is 0. The minimum atomic E-state index is -1.00. The van der Waals surface area contributed by atoms with E-state index in [0.29, 0.717) is 16.7 Å². The van der Waals surface area contributed by atoms with Gasteiger partial charge in [0, 0.05) is 16.8 Å². The molecule has 3 atom stereocenters. The second kappa shape index (κ2) is 6.16. The highest BCUT2D eigenvalue weighted by molar-refractivity contribution is 6.35. The van der Waals surface area contributed by atoms with E-state index in [0.717, 1.165) is 12.0 Å². The Morgan fingerprint density at radius 3 is 2.86 bits per heavy atom. The lowest BCUT2D eigenvalue weighted by Gasteiger charge is -2.34. The molecule has 1 saturated heterocycles. The number of hydrogen-bond acceptors (Lipinski definition) is 4. The van der Waals surface area contributed by atoms with Gasteiger partial charge < -0.3 is 9.47 Å². The monoisotopic (exact) mass is 341 g/mol. The highest BCUT2D eigenvalue weighted by Crippen LogP contribution is 2.46. The van der Waals surface area contributed by atoms with Gasteiger partial charge in [-0.05, 0) is 25.5 Å². The van der Waals surface area contributed by atoms with E-state index in [1.165, 1.54) is 0 Å². The van der Waals surface area contributed by atoms with Crippen LogP contribution >= 0.6 is 23.2 Å². The lowest BCUT2D eigenvalue weighted by molar-refractivity contribution is -0.207. The molecular weight excluding hydrogens is 325 g/mol. The third-order valence-electron chi connectivity index (χ3n) is 3.98. The first kappa shape index (κ1) is 15.7. The molecule has 0 amide bonds. The molecule has 7 heteroatoms. The first-order chi connectivity index (χ1) is 10.6. The molecule has 0 radical (unpaired) electrons. The first-order valence-electron chi connectivity index (χ1n) is 7.20. The van der Waals surface area contributed by atoms with Crippen molar-refractivity contribution in [2.45, 2.75) is 38.2 Å². The van der Waals surface area contributed by atoms with Gasteiger partial charge in [0.2, 0.25) is 5.79 Å². The van der Waals surface area contributed by atoms with Crippen molar-refractivity contribution in [2.75, 3.05) is 6.61 Å². The molecule has 1 aromatic carbocycles. The van der Waals surface area contributed by atoms with E-state index in [9.17, 15) is 0 Å². The predicted molar refractivity (Wildman–Crippen MR) is 84.0 cm³/mol. The Labute approximate surface area is 139 Å². The summed E-state index contributed by atoms with van der Waals surface area (Å²) >= 11 is 12.4. The van der Waals surface area contributed by atoms with Crippen LogP contribution in [0.3, 0.4) is 0 Å². The summed E-state index contributed by atoms with van der Waals surface area (Å²) < 4.78 is 14.1. The number of nitrogens with zero attached hydrogens (tertiary/aromatic N) is 3. The van der Waals surface area contributed by atoms with Crippen molar-refractivity contribution >= 4 is 23.2 Å². The van der Waals surface area contributed by atoms with Gasteiger partial charge in [0.05, 0.1) is 23.9 Å². The average Bonchev–Trinajstić information content (AvgIpc) is 3.17. The average molecular weight is 342 g/mol. The van der Waals surface area contributed by atoms with Crippen molar-refractivity contribution in [3.8, 4) is 0 Å². The van der Waals surface area contributed by atoms with E-state index in [4.69, 9.17) is 32.7 Å². The number of benzene rings is 1. The minimum Gasteiger partial charge on any atom is -0.341 e. The van der Waals surface area contributed by atoms with Crippen LogP contribution < -0.4 is 0 Å². The molecule has 1 fully saturated rings. The number of halogens is 2. The molecule has 2 aromatic rings. The molecule has 3 rings (SSSR count). The normalized spacial score (nSPS) is 26.3. The van der Waals surface area contributed by atoms with Crippen LogP contribution in [-0.4, -0.2) is 27.7 Å². The largest absolute Gasteiger partial charge is 0.341 e. The van der Waals surface area contributed by atoms with Gasteiger partial charge in [0.1, 0.15) is 6.04 Å². The van der Waals surface area contributed by atoms with E-state index in [-0.39, 0.29) is 12.1 Å². The molecule has 1 aromatic heterocycles. The van der Waals surface area contributed by atoms with E-state index >= 15 is 0 Å². The lowest BCUT2D eigenvalue weighted by Crippen LogP contribution is -2.38. The van der Waals surface area contributed by atoms with Gasteiger partial charge in [-0.3, -0.25) is 0 Å². The maximum Gasteiger partial charge on any atom is 0.219 e. The van der Waals surface area contributed by atoms with Crippen LogP contribution in [-0.2, 0) is 15.3 Å². The molecule has 0 spiro atoms. The molecule has 3 unspecified atom stereocenters. The van der Waals surface area contributed by atoms with Gasteiger partial charge >= 0.3 is 0 Å². The maximum atomic E-state index is 6.41. The minimum absolute atomic E-state index is 0.0118. The van der Waals surface area contributed by atoms with Crippen LogP contribution in [0.25, 0.3) is 0 Å². The first-order valence-corrected chi connectivity index (χ1v) is 7.95. The third kappa shape index (κ3) is 2.63. The fourth-order valence-electron chi connectivity index (χ4n) is 2.69. The molecule has 0 saturated carbocycles. The SMILES string of the molecule is CCC1COC(c2ccc(Cl)cc2Cl)(C(C)n2ccnn2)O1. The van der Waals surface area contributed by atoms with Crippen LogP contribution in [0.5, 0.6) is 0 Å². The van der Waals surface area contributed by atoms with E-state index in [1.807, 2.05) is 13.0 Å². The molecule has 0 N–H and O–H groups in total. The lowest BCUT2D eigenvalue weighted by atomic mass is 9.98. The Hall–Kier alpha value is -1.14. The van der Waals surface area contributed by atoms with Gasteiger partial charge in [0.15, 0.2) is 0 Å². The van der Waals surface area contributed by atoms with E-state index < -0.39 is 5.79 Å². The predicted octanol–water partition coefficient (Wildman–Crippen LogP) is 3.82. The molecule has 22 heavy (non-hydrogen) atoms. The van der Waals surface area contributed by atoms with Crippen LogP contribution in [0.15, 0.2) is 30.6 Å². The molecule has 0 aliphatic carbocycles. The van der Waals surface area contributed by atoms with E-state index in [2.05, 4.69) is 17.2 Å². The van der Waals surface area contributed by atoms with Crippen molar-refractivity contribution in [2.24, 2.45) is 0 Å². The van der Waals surface area contributed by atoms with Gasteiger partial charge in [0.25, 0.3) is 0 Å². The maximum absolute atomic E-state index is 6.41. The molecule has 118 valence electrons. The van der Waals surface area contributed by atoms with Gasteiger partial charge in [-0.15, -0.1) is 5.10 Å². The summed E-state index contributed by atoms with van der Waals surface area (Å²) in [6, 6.07) is 5.09. The highest BCUT2D eigenvalue weighted by atomic mass is 35.5. The summed E-state index contributed by atoms with van der Waals surface area (Å²) in [6.07, 6.45) is 4.27. The highest BCUT2D eigenvalue weighted by Gasteiger charge is 2.49. The van der Waals surface area contributed by atoms with Crippen LogP contribution in [0, 0.1) is 0 Å². The zero-order valence-corrected chi connectivity index (χ0v) is 13.9. The third-order valence-corrected chi connectivity index (χ3v) is 4.52. The number of aromatic nitrogens is 3. The second-order valence-corrected chi connectivity index (χ2v) is 6.15. The van der Waals surface area contributed by atoms with Gasteiger partial charge in [-0.2, -0.15) is 0 Å². The molecule has 0 bridgehead atoms. The number of rotatable bonds is 4. The van der Waals surface area contributed by atoms with Crippen molar-refractivity contribution in [1.29, 1.82) is 0 Å². The standard InChI is InChI=1S/C15H17Cl2N3O2/c1-3-12-9-21-15(22-12,10(2)20-7-6-18-19-20)13-5-4-11(16)8-14(13)17/h4-8,10,12H,3,9H2,1-2H3. The Kier molecular flexibility index (Phi) is 4.41. The number of hydrogen-bond donors (Lipinski definition) is 0. The Morgan fingerprint density at radius 1 is 1.45 bits per heavy atom.